The number of benzene rings is 3. The lowest BCUT2D eigenvalue weighted by molar-refractivity contribution is -0.384. The van der Waals surface area contributed by atoms with Crippen LogP contribution in [0.4, 0.5) is 11.4 Å². The monoisotopic (exact) mass is 632 g/mol. The summed E-state index contributed by atoms with van der Waals surface area (Å²) in [6, 6.07) is 22.1. The molecular weight excluding hydrogens is 592 g/mol. The number of rotatable bonds is 12. The Bertz CT molecular complexity index is 1470. The lowest BCUT2D eigenvalue weighted by Gasteiger charge is -2.44. The standard InChI is InChI=1S/C34H40N4O8/c1-23-30(21-36-16-18-37(19-17-36)28-10-12-29(13-11-28)38(43)44)45-34(46-33(23)26-6-4-25(22-39)5-7-26)27-8-2-24(3-9-27)20-35-31(40)14-15-32(41)42/h2-13,23,30,33-34,39H,14-22H2,1H3,(H,35,40)(H,41,42)/t23-,30+,33+,34+/m1/s1. The van der Waals surface area contributed by atoms with Crippen molar-refractivity contribution in [2.75, 3.05) is 37.6 Å². The van der Waals surface area contributed by atoms with Crippen molar-refractivity contribution in [3.8, 4) is 0 Å². The van der Waals surface area contributed by atoms with Gasteiger partial charge in [-0.15, -0.1) is 0 Å². The molecule has 0 unspecified atom stereocenters. The van der Waals surface area contributed by atoms with Gasteiger partial charge in [-0.25, -0.2) is 0 Å². The number of carboxylic acids is 1. The van der Waals surface area contributed by atoms with Gasteiger partial charge in [-0.2, -0.15) is 0 Å². The molecule has 0 aromatic heterocycles. The highest BCUT2D eigenvalue weighted by atomic mass is 16.7. The number of aliphatic hydroxyl groups is 1. The molecule has 3 aromatic rings. The van der Waals surface area contributed by atoms with E-state index in [0.29, 0.717) is 6.54 Å². The summed E-state index contributed by atoms with van der Waals surface area (Å²) in [5, 5.41) is 32.1. The molecule has 3 N–H and O–H groups in total. The van der Waals surface area contributed by atoms with Crippen molar-refractivity contribution in [3.05, 3.63) is 105 Å². The Balaban J connectivity index is 1.25. The van der Waals surface area contributed by atoms with E-state index >= 15 is 0 Å². The molecule has 3 aromatic carbocycles. The fourth-order valence-corrected chi connectivity index (χ4v) is 5.86. The number of carbonyl (C=O) groups excluding carboxylic acids is 1. The number of nitro benzene ring substituents is 1. The number of carboxylic acid groups (broad SMARTS) is 1. The minimum absolute atomic E-state index is 0.0317. The van der Waals surface area contributed by atoms with Crippen LogP contribution >= 0.6 is 0 Å². The molecule has 1 amide bonds. The number of piperazine rings is 1. The van der Waals surface area contributed by atoms with Crippen molar-refractivity contribution in [2.24, 2.45) is 5.92 Å². The second-order valence-electron chi connectivity index (χ2n) is 11.8. The van der Waals surface area contributed by atoms with Crippen LogP contribution < -0.4 is 10.2 Å². The van der Waals surface area contributed by atoms with Gasteiger partial charge in [0.05, 0.1) is 30.2 Å². The minimum atomic E-state index is -1.01. The van der Waals surface area contributed by atoms with Gasteiger partial charge in [0.25, 0.3) is 5.69 Å². The van der Waals surface area contributed by atoms with Gasteiger partial charge in [-0.1, -0.05) is 55.5 Å². The van der Waals surface area contributed by atoms with Gasteiger partial charge in [-0.3, -0.25) is 24.6 Å². The van der Waals surface area contributed by atoms with E-state index in [1.165, 1.54) is 12.1 Å². The Morgan fingerprint density at radius 1 is 0.891 bits per heavy atom. The summed E-state index contributed by atoms with van der Waals surface area (Å²) in [5.41, 5.74) is 4.60. The first-order valence-electron chi connectivity index (χ1n) is 15.5. The molecule has 2 aliphatic rings. The highest BCUT2D eigenvalue weighted by Crippen LogP contribution is 2.42. The van der Waals surface area contributed by atoms with Crippen LogP contribution in [0.25, 0.3) is 0 Å². The first-order chi connectivity index (χ1) is 22.2. The zero-order chi connectivity index (χ0) is 32.6. The molecule has 12 heteroatoms. The Labute approximate surface area is 267 Å². The maximum Gasteiger partial charge on any atom is 0.303 e. The van der Waals surface area contributed by atoms with E-state index in [0.717, 1.165) is 54.1 Å². The number of amides is 1. The smallest absolute Gasteiger partial charge is 0.303 e. The number of nitrogens with one attached hydrogen (secondary N) is 1. The van der Waals surface area contributed by atoms with Crippen LogP contribution in [0.3, 0.4) is 0 Å². The third kappa shape index (κ3) is 8.46. The number of nitrogens with zero attached hydrogens (tertiary/aromatic N) is 3. The summed E-state index contributed by atoms with van der Waals surface area (Å²) in [4.78, 5) is 37.9. The van der Waals surface area contributed by atoms with Gasteiger partial charge in [-0.05, 0) is 28.8 Å². The fraction of sp³-hybridized carbons (Fsp3) is 0.412. The summed E-state index contributed by atoms with van der Waals surface area (Å²) in [6.07, 6.45) is -1.28. The SMILES string of the molecule is C[C@@H]1[C@H](CN2CCN(c3ccc([N+](=O)[O-])cc3)CC2)O[C@H](c2ccc(CNC(=O)CCC(=O)O)cc2)O[C@@H]1c1ccc(CO)cc1. The van der Waals surface area contributed by atoms with E-state index < -0.39 is 12.3 Å². The largest absolute Gasteiger partial charge is 0.481 e. The van der Waals surface area contributed by atoms with E-state index in [1.54, 1.807) is 12.1 Å². The molecule has 0 spiro atoms. The number of hydrogen-bond acceptors (Lipinski definition) is 9. The Kier molecular flexibility index (Phi) is 11.0. The van der Waals surface area contributed by atoms with E-state index in [2.05, 4.69) is 22.0 Å². The second kappa shape index (κ2) is 15.3. The molecule has 0 aliphatic carbocycles. The van der Waals surface area contributed by atoms with Crippen molar-refractivity contribution < 1.29 is 34.2 Å². The molecule has 4 atom stereocenters. The third-order valence-electron chi connectivity index (χ3n) is 8.67. The quantitative estimate of drug-likeness (QED) is 0.196. The summed E-state index contributed by atoms with van der Waals surface area (Å²) in [7, 11) is 0. The molecule has 46 heavy (non-hydrogen) atoms. The molecule has 2 saturated heterocycles. The van der Waals surface area contributed by atoms with Crippen molar-refractivity contribution in [1.29, 1.82) is 0 Å². The number of hydrogen-bond donors (Lipinski definition) is 3. The second-order valence-corrected chi connectivity index (χ2v) is 11.8. The summed E-state index contributed by atoms with van der Waals surface area (Å²) >= 11 is 0. The van der Waals surface area contributed by atoms with E-state index in [9.17, 15) is 24.8 Å². The lowest BCUT2D eigenvalue weighted by atomic mass is 9.90. The Hall–Kier alpha value is -4.36. The molecule has 0 saturated carbocycles. The van der Waals surface area contributed by atoms with Crippen LogP contribution in [0.1, 0.15) is 54.4 Å². The number of aliphatic hydroxyl groups excluding tert-OH is 1. The molecule has 0 radical (unpaired) electrons. The van der Waals surface area contributed by atoms with Gasteiger partial charge in [0.2, 0.25) is 5.91 Å². The molecule has 244 valence electrons. The van der Waals surface area contributed by atoms with Crippen molar-refractivity contribution in [2.45, 2.75) is 51.4 Å². The van der Waals surface area contributed by atoms with E-state index in [4.69, 9.17) is 14.6 Å². The Morgan fingerprint density at radius 3 is 2.13 bits per heavy atom. The topological polar surface area (TPSA) is 155 Å². The van der Waals surface area contributed by atoms with E-state index in [1.807, 2.05) is 48.5 Å². The highest BCUT2D eigenvalue weighted by molar-refractivity contribution is 5.80. The summed E-state index contributed by atoms with van der Waals surface area (Å²) in [5.74, 6) is -1.29. The average Bonchev–Trinajstić information content (AvgIpc) is 3.08. The predicted molar refractivity (Wildman–Crippen MR) is 170 cm³/mol. The van der Waals surface area contributed by atoms with Crippen molar-refractivity contribution >= 4 is 23.3 Å². The van der Waals surface area contributed by atoms with Crippen LogP contribution in [-0.4, -0.2) is 70.7 Å². The molecule has 2 aliphatic heterocycles. The molecule has 12 nitrogen and oxygen atoms in total. The molecule has 2 heterocycles. The van der Waals surface area contributed by atoms with Crippen LogP contribution in [0.15, 0.2) is 72.8 Å². The number of aliphatic carboxylic acids is 1. The first-order valence-corrected chi connectivity index (χ1v) is 15.5. The number of nitro groups is 1. The summed E-state index contributed by atoms with van der Waals surface area (Å²) in [6.45, 7) is 6.31. The highest BCUT2D eigenvalue weighted by Gasteiger charge is 2.39. The molecular formula is C34H40N4O8. The van der Waals surface area contributed by atoms with Gasteiger partial charge >= 0.3 is 5.97 Å². The minimum Gasteiger partial charge on any atom is -0.481 e. The van der Waals surface area contributed by atoms with Gasteiger partial charge < -0.3 is 29.9 Å². The Morgan fingerprint density at radius 2 is 1.52 bits per heavy atom. The number of ether oxygens (including phenoxy) is 2. The van der Waals surface area contributed by atoms with Crippen LogP contribution in [0.5, 0.6) is 0 Å². The average molecular weight is 633 g/mol. The van der Waals surface area contributed by atoms with Gasteiger partial charge in [0, 0.05) is 75.0 Å². The zero-order valence-electron chi connectivity index (χ0n) is 25.8. The number of carbonyl (C=O) groups is 2. The van der Waals surface area contributed by atoms with E-state index in [-0.39, 0.29) is 60.6 Å². The lowest BCUT2D eigenvalue weighted by Crippen LogP contribution is -2.51. The van der Waals surface area contributed by atoms with Crippen molar-refractivity contribution in [3.63, 3.8) is 0 Å². The fourth-order valence-electron chi connectivity index (χ4n) is 5.86. The van der Waals surface area contributed by atoms with Crippen LogP contribution in [-0.2, 0) is 32.2 Å². The summed E-state index contributed by atoms with van der Waals surface area (Å²) < 4.78 is 13.2. The maximum absolute atomic E-state index is 11.9. The number of anilines is 1. The molecule has 5 rings (SSSR count). The maximum atomic E-state index is 11.9. The van der Waals surface area contributed by atoms with Gasteiger partial charge in [0.15, 0.2) is 6.29 Å². The van der Waals surface area contributed by atoms with Crippen LogP contribution in [0.2, 0.25) is 0 Å². The third-order valence-corrected chi connectivity index (χ3v) is 8.67. The molecule has 2 fully saturated rings. The normalized spacial score (nSPS) is 21.9. The predicted octanol–water partition coefficient (Wildman–Crippen LogP) is 4.18. The molecule has 0 bridgehead atoms. The van der Waals surface area contributed by atoms with Crippen LogP contribution in [0, 0.1) is 16.0 Å². The first kappa shape index (κ1) is 33.0. The zero-order valence-corrected chi connectivity index (χ0v) is 25.8. The number of non-ortho nitro benzene ring substituents is 1. The van der Waals surface area contributed by atoms with Crippen molar-refractivity contribution in [1.82, 2.24) is 10.2 Å². The van der Waals surface area contributed by atoms with Gasteiger partial charge in [0.1, 0.15) is 0 Å².